The molecule has 0 atom stereocenters. The second-order valence-corrected chi connectivity index (χ2v) is 10.2. The minimum atomic E-state index is -4.37. The number of benzene rings is 2. The van der Waals surface area contributed by atoms with Crippen LogP contribution in [0.25, 0.3) is 0 Å². The molecule has 0 bridgehead atoms. The molecule has 2 aliphatic heterocycles. The van der Waals surface area contributed by atoms with Gasteiger partial charge in [0, 0.05) is 45.8 Å². The van der Waals surface area contributed by atoms with E-state index in [4.69, 9.17) is 4.74 Å². The number of halogens is 3. The van der Waals surface area contributed by atoms with E-state index in [1.807, 2.05) is 0 Å². The molecule has 2 saturated heterocycles. The van der Waals surface area contributed by atoms with Crippen molar-refractivity contribution in [2.24, 2.45) is 0 Å². The maximum atomic E-state index is 13.2. The van der Waals surface area contributed by atoms with E-state index in [0.29, 0.717) is 45.9 Å². The van der Waals surface area contributed by atoms with Gasteiger partial charge in [-0.3, -0.25) is 9.69 Å². The van der Waals surface area contributed by atoms with Crippen LogP contribution in [0.2, 0.25) is 0 Å². The molecule has 0 aromatic heterocycles. The van der Waals surface area contributed by atoms with E-state index < -0.39 is 21.8 Å². The van der Waals surface area contributed by atoms with Crippen LogP contribution in [0, 0.1) is 0 Å². The Bertz CT molecular complexity index is 1110. The summed E-state index contributed by atoms with van der Waals surface area (Å²) >= 11 is 0. The largest absolute Gasteiger partial charge is 0.416 e. The Kier molecular flexibility index (Phi) is 7.27. The van der Waals surface area contributed by atoms with Crippen LogP contribution in [0.3, 0.4) is 0 Å². The van der Waals surface area contributed by atoms with Gasteiger partial charge in [-0.1, -0.05) is 24.3 Å². The maximum Gasteiger partial charge on any atom is 0.416 e. The summed E-state index contributed by atoms with van der Waals surface area (Å²) in [5.41, 5.74) is 0.220. The smallest absolute Gasteiger partial charge is 0.379 e. The van der Waals surface area contributed by atoms with Crippen molar-refractivity contribution in [3.05, 3.63) is 65.2 Å². The molecule has 1 amide bonds. The Hall–Kier alpha value is -2.47. The van der Waals surface area contributed by atoms with Crippen LogP contribution in [0.5, 0.6) is 0 Å². The third-order valence-corrected chi connectivity index (χ3v) is 8.01. The quantitative estimate of drug-likeness (QED) is 0.636. The monoisotopic (exact) mass is 497 g/mol. The third-order valence-electron chi connectivity index (χ3n) is 6.05. The van der Waals surface area contributed by atoms with Crippen molar-refractivity contribution in [1.82, 2.24) is 14.1 Å². The zero-order valence-corrected chi connectivity index (χ0v) is 19.3. The van der Waals surface area contributed by atoms with Crippen LogP contribution < -0.4 is 0 Å². The highest BCUT2D eigenvalue weighted by molar-refractivity contribution is 7.89. The zero-order chi connectivity index (χ0) is 24.3. The van der Waals surface area contributed by atoms with Crippen molar-refractivity contribution in [3.63, 3.8) is 0 Å². The Morgan fingerprint density at radius 1 is 0.882 bits per heavy atom. The van der Waals surface area contributed by atoms with Gasteiger partial charge in [0.05, 0.1) is 29.2 Å². The summed E-state index contributed by atoms with van der Waals surface area (Å²) < 4.78 is 71.1. The third kappa shape index (κ3) is 5.43. The highest BCUT2D eigenvalue weighted by Crippen LogP contribution is 2.29. The first kappa shape index (κ1) is 24.6. The van der Waals surface area contributed by atoms with E-state index >= 15 is 0 Å². The first-order chi connectivity index (χ1) is 16.2. The second-order valence-electron chi connectivity index (χ2n) is 8.28. The lowest BCUT2D eigenvalue weighted by Gasteiger charge is -2.35. The average Bonchev–Trinajstić information content (AvgIpc) is 2.84. The second kappa shape index (κ2) is 10.0. The van der Waals surface area contributed by atoms with E-state index in [0.717, 1.165) is 17.7 Å². The van der Waals surface area contributed by atoms with E-state index in [9.17, 15) is 26.4 Å². The normalized spacial score (nSPS) is 18.7. The van der Waals surface area contributed by atoms with Crippen LogP contribution in [-0.4, -0.2) is 80.9 Å². The van der Waals surface area contributed by atoms with Gasteiger partial charge in [-0.15, -0.1) is 0 Å². The van der Waals surface area contributed by atoms with Gasteiger partial charge < -0.3 is 9.64 Å². The lowest BCUT2D eigenvalue weighted by atomic mass is 10.1. The van der Waals surface area contributed by atoms with Crippen molar-refractivity contribution in [2.75, 3.05) is 52.5 Å². The molecule has 0 saturated carbocycles. The van der Waals surface area contributed by atoms with Gasteiger partial charge >= 0.3 is 6.18 Å². The number of alkyl halides is 3. The Morgan fingerprint density at radius 2 is 1.50 bits per heavy atom. The highest BCUT2D eigenvalue weighted by Gasteiger charge is 2.33. The summed E-state index contributed by atoms with van der Waals surface area (Å²) in [4.78, 5) is 16.9. The number of piperazine rings is 1. The number of rotatable bonds is 5. The molecular weight excluding hydrogens is 471 g/mol. The molecule has 4 rings (SSSR count). The molecule has 2 aromatic rings. The summed E-state index contributed by atoms with van der Waals surface area (Å²) in [6.45, 7) is 3.45. The van der Waals surface area contributed by atoms with Gasteiger partial charge in [-0.05, 0) is 29.8 Å². The fourth-order valence-electron chi connectivity index (χ4n) is 4.13. The molecule has 0 radical (unpaired) electrons. The molecule has 0 N–H and O–H groups in total. The number of carbonyl (C=O) groups excluding carboxylic acids is 1. The molecule has 2 aliphatic rings. The summed E-state index contributed by atoms with van der Waals surface area (Å²) in [7, 11) is -3.83. The van der Waals surface area contributed by atoms with Crippen LogP contribution in [0.15, 0.2) is 53.4 Å². The first-order valence-corrected chi connectivity index (χ1v) is 12.4. The van der Waals surface area contributed by atoms with Crippen molar-refractivity contribution >= 4 is 15.9 Å². The lowest BCUT2D eigenvalue weighted by molar-refractivity contribution is -0.137. The van der Waals surface area contributed by atoms with Crippen molar-refractivity contribution in [2.45, 2.75) is 17.6 Å². The number of amides is 1. The minimum absolute atomic E-state index is 0.00548. The van der Waals surface area contributed by atoms with Crippen LogP contribution in [-0.2, 0) is 27.5 Å². The molecule has 11 heteroatoms. The fourth-order valence-corrected chi connectivity index (χ4v) is 5.72. The topological polar surface area (TPSA) is 70.2 Å². The van der Waals surface area contributed by atoms with Gasteiger partial charge in [0.25, 0.3) is 5.91 Å². The lowest BCUT2D eigenvalue weighted by Crippen LogP contribution is -2.48. The van der Waals surface area contributed by atoms with E-state index in [2.05, 4.69) is 4.90 Å². The fraction of sp³-hybridized carbons (Fsp3) is 0.435. The molecule has 7 nitrogen and oxygen atoms in total. The number of hydrogen-bond donors (Lipinski definition) is 0. The number of sulfonamides is 1. The van der Waals surface area contributed by atoms with Crippen LogP contribution in [0.4, 0.5) is 13.2 Å². The molecule has 0 aliphatic carbocycles. The summed E-state index contributed by atoms with van der Waals surface area (Å²) in [5.74, 6) is -0.346. The van der Waals surface area contributed by atoms with Crippen molar-refractivity contribution < 1.29 is 31.1 Å². The van der Waals surface area contributed by atoms with Crippen LogP contribution in [0.1, 0.15) is 21.5 Å². The predicted molar refractivity (Wildman–Crippen MR) is 119 cm³/mol. The summed E-state index contributed by atoms with van der Waals surface area (Å²) in [6.07, 6.45) is -4.37. The summed E-state index contributed by atoms with van der Waals surface area (Å²) in [5, 5.41) is 0. The Morgan fingerprint density at radius 3 is 2.12 bits per heavy atom. The predicted octanol–water partition coefficient (Wildman–Crippen LogP) is 2.68. The van der Waals surface area contributed by atoms with Gasteiger partial charge in [0.1, 0.15) is 0 Å². The molecular formula is C23H26F3N3O4S. The Labute approximate surface area is 196 Å². The first-order valence-electron chi connectivity index (χ1n) is 11.0. The van der Waals surface area contributed by atoms with Crippen LogP contribution >= 0.6 is 0 Å². The minimum Gasteiger partial charge on any atom is -0.379 e. The summed E-state index contributed by atoms with van der Waals surface area (Å²) in [6, 6.07) is 11.3. The molecule has 34 heavy (non-hydrogen) atoms. The highest BCUT2D eigenvalue weighted by atomic mass is 32.2. The molecule has 2 fully saturated rings. The van der Waals surface area contributed by atoms with E-state index in [1.54, 1.807) is 17.0 Å². The van der Waals surface area contributed by atoms with Gasteiger partial charge in [0.15, 0.2) is 0 Å². The number of nitrogens with zero attached hydrogens (tertiary/aromatic N) is 3. The van der Waals surface area contributed by atoms with E-state index in [1.165, 1.54) is 28.6 Å². The maximum absolute atomic E-state index is 13.2. The van der Waals surface area contributed by atoms with Gasteiger partial charge in [-0.2, -0.15) is 17.5 Å². The number of carbonyl (C=O) groups is 1. The van der Waals surface area contributed by atoms with Crippen molar-refractivity contribution in [1.29, 1.82) is 0 Å². The zero-order valence-electron chi connectivity index (χ0n) is 18.5. The SMILES string of the molecule is O=C(c1ccccc1S(=O)(=O)N1CCOCC1)N1CCN(Cc2ccc(C(F)(F)F)cc2)CC1. The molecule has 184 valence electrons. The Balaban J connectivity index is 1.40. The molecule has 0 unspecified atom stereocenters. The molecule has 2 heterocycles. The number of hydrogen-bond acceptors (Lipinski definition) is 5. The van der Waals surface area contributed by atoms with Crippen molar-refractivity contribution in [3.8, 4) is 0 Å². The van der Waals surface area contributed by atoms with Gasteiger partial charge in [-0.25, -0.2) is 8.42 Å². The number of morpholine rings is 1. The van der Waals surface area contributed by atoms with E-state index in [-0.39, 0.29) is 29.5 Å². The van der Waals surface area contributed by atoms with Gasteiger partial charge in [0.2, 0.25) is 10.0 Å². The standard InChI is InChI=1S/C23H26F3N3O4S/c24-23(25,26)19-7-5-18(6-8-19)17-27-9-11-28(12-10-27)22(30)20-3-1-2-4-21(20)34(31,32)29-13-15-33-16-14-29/h1-8H,9-17H2. The average molecular weight is 498 g/mol. The number of ether oxygens (including phenoxy) is 1. The molecule has 2 aromatic carbocycles. The molecule has 0 spiro atoms.